The number of likely N-dealkylation sites (tertiary alicyclic amines) is 1. The Balaban J connectivity index is 1.88. The van der Waals surface area contributed by atoms with Gasteiger partial charge in [0, 0.05) is 32.7 Å². The molecule has 9 nitrogen and oxygen atoms in total. The summed E-state index contributed by atoms with van der Waals surface area (Å²) < 4.78 is 1.53. The van der Waals surface area contributed by atoms with Crippen LogP contribution in [-0.4, -0.2) is 57.7 Å². The highest BCUT2D eigenvalue weighted by Crippen LogP contribution is 2.29. The molecule has 0 spiro atoms. The third kappa shape index (κ3) is 4.44. The van der Waals surface area contributed by atoms with E-state index < -0.39 is 4.92 Å². The van der Waals surface area contributed by atoms with Crippen molar-refractivity contribution in [1.82, 2.24) is 20.0 Å². The minimum absolute atomic E-state index is 0.0406. The Morgan fingerprint density at radius 1 is 1.42 bits per heavy atom. The van der Waals surface area contributed by atoms with Gasteiger partial charge in [0.1, 0.15) is 5.69 Å². The average Bonchev–Trinajstić information content (AvgIpc) is 2.81. The second-order valence-electron chi connectivity index (χ2n) is 6.21. The largest absolute Gasteiger partial charge is 0.362 e. The number of piperidine rings is 1. The minimum Gasteiger partial charge on any atom is -0.362 e. The van der Waals surface area contributed by atoms with Crippen LogP contribution in [0.2, 0.25) is 0 Å². The van der Waals surface area contributed by atoms with Crippen molar-refractivity contribution in [1.29, 1.82) is 0 Å². The number of hydrogen-bond donors (Lipinski definition) is 2. The van der Waals surface area contributed by atoms with E-state index in [0.717, 1.165) is 32.4 Å². The summed E-state index contributed by atoms with van der Waals surface area (Å²) in [5.74, 6) is 0.512. The second kappa shape index (κ2) is 8.09. The molecular weight excluding hydrogens is 312 g/mol. The summed E-state index contributed by atoms with van der Waals surface area (Å²) in [4.78, 5) is 24.7. The molecule has 0 aromatic carbocycles. The fourth-order valence-corrected chi connectivity index (χ4v) is 2.98. The Labute approximate surface area is 141 Å². The summed E-state index contributed by atoms with van der Waals surface area (Å²) in [6.07, 6.45) is 2.60. The van der Waals surface area contributed by atoms with Crippen molar-refractivity contribution in [3.63, 3.8) is 0 Å². The molecule has 24 heavy (non-hydrogen) atoms. The molecule has 0 aliphatic carbocycles. The zero-order valence-corrected chi connectivity index (χ0v) is 14.5. The number of anilines is 1. The van der Waals surface area contributed by atoms with Gasteiger partial charge in [-0.15, -0.1) is 0 Å². The van der Waals surface area contributed by atoms with Crippen LogP contribution in [0.25, 0.3) is 0 Å². The summed E-state index contributed by atoms with van der Waals surface area (Å²) in [7, 11) is 1.70. The normalized spacial score (nSPS) is 16.1. The van der Waals surface area contributed by atoms with E-state index in [4.69, 9.17) is 0 Å². The first-order valence-corrected chi connectivity index (χ1v) is 8.36. The molecule has 0 bridgehead atoms. The lowest BCUT2D eigenvalue weighted by molar-refractivity contribution is -0.384. The Bertz CT molecular complexity index is 592. The van der Waals surface area contributed by atoms with Crippen LogP contribution in [0.1, 0.15) is 31.9 Å². The van der Waals surface area contributed by atoms with Crippen LogP contribution in [0.15, 0.2) is 0 Å². The van der Waals surface area contributed by atoms with Crippen LogP contribution >= 0.6 is 0 Å². The Morgan fingerprint density at radius 3 is 2.67 bits per heavy atom. The van der Waals surface area contributed by atoms with E-state index in [-0.39, 0.29) is 17.6 Å². The zero-order valence-electron chi connectivity index (χ0n) is 14.5. The van der Waals surface area contributed by atoms with Crippen LogP contribution in [0.5, 0.6) is 0 Å². The number of hydrogen-bond acceptors (Lipinski definition) is 6. The standard InChI is InChI=1S/C15H26N6O3/c1-4-7-16-13(22)10-20-8-5-12(6-9-20)17-15-14(21(23)24)11(2)18-19(15)3/h12,17H,4-10H2,1-3H3,(H,16,22). The number of rotatable bonds is 7. The summed E-state index contributed by atoms with van der Waals surface area (Å²) in [6, 6.07) is 0.147. The van der Waals surface area contributed by atoms with Gasteiger partial charge in [-0.1, -0.05) is 6.92 Å². The Hall–Kier alpha value is -2.16. The first-order valence-electron chi connectivity index (χ1n) is 8.36. The maximum Gasteiger partial charge on any atom is 0.333 e. The zero-order chi connectivity index (χ0) is 17.7. The van der Waals surface area contributed by atoms with Crippen LogP contribution in [0.4, 0.5) is 11.5 Å². The number of carbonyl (C=O) groups is 1. The predicted molar refractivity (Wildman–Crippen MR) is 91.0 cm³/mol. The van der Waals surface area contributed by atoms with Gasteiger partial charge >= 0.3 is 5.69 Å². The molecule has 0 unspecified atom stereocenters. The lowest BCUT2D eigenvalue weighted by Gasteiger charge is -2.32. The van der Waals surface area contributed by atoms with Crippen molar-refractivity contribution < 1.29 is 9.72 Å². The van der Waals surface area contributed by atoms with Crippen molar-refractivity contribution in [2.45, 2.75) is 39.2 Å². The SMILES string of the molecule is CCCNC(=O)CN1CCC(Nc2c([N+](=O)[O-])c(C)nn2C)CC1. The molecule has 2 heterocycles. The lowest BCUT2D eigenvalue weighted by atomic mass is 10.0. The molecular formula is C15H26N6O3. The van der Waals surface area contributed by atoms with E-state index in [1.54, 1.807) is 14.0 Å². The number of aryl methyl sites for hydroxylation is 2. The first kappa shape index (κ1) is 18.2. The van der Waals surface area contributed by atoms with Crippen LogP contribution in [0, 0.1) is 17.0 Å². The third-order valence-electron chi connectivity index (χ3n) is 4.24. The van der Waals surface area contributed by atoms with Crippen molar-refractivity contribution in [2.24, 2.45) is 7.05 Å². The van der Waals surface area contributed by atoms with Gasteiger partial charge in [-0.3, -0.25) is 19.8 Å². The minimum atomic E-state index is -0.391. The van der Waals surface area contributed by atoms with Crippen molar-refractivity contribution in [3.05, 3.63) is 15.8 Å². The predicted octanol–water partition coefficient (Wildman–Crippen LogP) is 1.04. The van der Waals surface area contributed by atoms with Gasteiger partial charge in [0.15, 0.2) is 0 Å². The molecule has 1 saturated heterocycles. The van der Waals surface area contributed by atoms with Gasteiger partial charge in [0.25, 0.3) is 0 Å². The molecule has 0 radical (unpaired) electrons. The maximum atomic E-state index is 11.8. The molecule has 1 fully saturated rings. The fourth-order valence-electron chi connectivity index (χ4n) is 2.98. The quantitative estimate of drug-likeness (QED) is 0.568. The molecule has 2 rings (SSSR count). The highest BCUT2D eigenvalue weighted by Gasteiger charge is 2.28. The molecule has 0 atom stereocenters. The highest BCUT2D eigenvalue weighted by molar-refractivity contribution is 5.78. The van der Waals surface area contributed by atoms with E-state index in [0.29, 0.717) is 24.6 Å². The number of amides is 1. The van der Waals surface area contributed by atoms with Crippen LogP contribution in [0.3, 0.4) is 0 Å². The highest BCUT2D eigenvalue weighted by atomic mass is 16.6. The first-order chi connectivity index (χ1) is 11.4. The number of carbonyl (C=O) groups excluding carboxylic acids is 1. The van der Waals surface area contributed by atoms with Crippen molar-refractivity contribution >= 4 is 17.4 Å². The van der Waals surface area contributed by atoms with E-state index in [1.165, 1.54) is 4.68 Å². The molecule has 1 aliphatic heterocycles. The van der Waals surface area contributed by atoms with Crippen LogP contribution in [-0.2, 0) is 11.8 Å². The summed E-state index contributed by atoms with van der Waals surface area (Å²) in [5, 5.41) is 21.5. The van der Waals surface area contributed by atoms with Gasteiger partial charge in [0.05, 0.1) is 11.5 Å². The summed E-state index contributed by atoms with van der Waals surface area (Å²) in [6.45, 7) is 6.37. The van der Waals surface area contributed by atoms with E-state index in [1.807, 2.05) is 6.92 Å². The lowest BCUT2D eigenvalue weighted by Crippen LogP contribution is -2.44. The molecule has 0 saturated carbocycles. The van der Waals surface area contributed by atoms with Crippen molar-refractivity contribution in [3.8, 4) is 0 Å². The van der Waals surface area contributed by atoms with E-state index >= 15 is 0 Å². The topological polar surface area (TPSA) is 105 Å². The van der Waals surface area contributed by atoms with Gasteiger partial charge in [0.2, 0.25) is 11.7 Å². The number of nitro groups is 1. The third-order valence-corrected chi connectivity index (χ3v) is 4.24. The van der Waals surface area contributed by atoms with Gasteiger partial charge in [-0.2, -0.15) is 5.10 Å². The smallest absolute Gasteiger partial charge is 0.333 e. The molecule has 9 heteroatoms. The molecule has 1 aliphatic rings. The molecule has 1 aromatic rings. The molecule has 1 aromatic heterocycles. The Morgan fingerprint density at radius 2 is 2.08 bits per heavy atom. The molecule has 1 amide bonds. The maximum absolute atomic E-state index is 11.8. The fraction of sp³-hybridized carbons (Fsp3) is 0.733. The van der Waals surface area contributed by atoms with Gasteiger partial charge < -0.3 is 10.6 Å². The van der Waals surface area contributed by atoms with E-state index in [2.05, 4.69) is 20.6 Å². The molecule has 134 valence electrons. The van der Waals surface area contributed by atoms with Crippen LogP contribution < -0.4 is 10.6 Å². The number of nitrogens with one attached hydrogen (secondary N) is 2. The number of nitrogens with zero attached hydrogens (tertiary/aromatic N) is 4. The summed E-state index contributed by atoms with van der Waals surface area (Å²) in [5.41, 5.74) is 0.453. The monoisotopic (exact) mass is 338 g/mol. The molecule has 2 N–H and O–H groups in total. The summed E-state index contributed by atoms with van der Waals surface area (Å²) >= 11 is 0. The second-order valence-corrected chi connectivity index (χ2v) is 6.21. The van der Waals surface area contributed by atoms with Crippen molar-refractivity contribution in [2.75, 3.05) is 31.5 Å². The van der Waals surface area contributed by atoms with Gasteiger partial charge in [-0.05, 0) is 26.2 Å². The van der Waals surface area contributed by atoms with E-state index in [9.17, 15) is 14.9 Å². The number of aromatic nitrogens is 2. The van der Waals surface area contributed by atoms with Gasteiger partial charge in [-0.25, -0.2) is 4.68 Å². The Kier molecular flexibility index (Phi) is 6.13. The average molecular weight is 338 g/mol.